The van der Waals surface area contributed by atoms with E-state index in [2.05, 4.69) is 0 Å². The Morgan fingerprint density at radius 1 is 1.45 bits per heavy atom. The van der Waals surface area contributed by atoms with Crippen LogP contribution in [0.3, 0.4) is 0 Å². The van der Waals surface area contributed by atoms with Gasteiger partial charge in [0, 0.05) is 41.0 Å². The largest absolute Gasteiger partial charge is 0.370 e. The predicted octanol–water partition coefficient (Wildman–Crippen LogP) is -1.98. The first kappa shape index (κ1) is 16.1. The zero-order chi connectivity index (χ0) is 15.4. The molecule has 0 spiro atoms. The maximum absolute atomic E-state index is 12.0. The highest BCUT2D eigenvalue weighted by Crippen LogP contribution is 2.00. The number of methoxy groups -OCH3 is 1. The van der Waals surface area contributed by atoms with E-state index in [0.29, 0.717) is 5.56 Å². The standard InChI is InChI=1S/C12H20N4O4/c1-14(11(18)9(5-13)20-4)6-8-7-15(2)12(19)16(3)10(8)17/h7,9H,5-6,13H2,1-4H3. The van der Waals surface area contributed by atoms with Crippen LogP contribution in [0.5, 0.6) is 0 Å². The van der Waals surface area contributed by atoms with Gasteiger partial charge in [-0.05, 0) is 0 Å². The number of nitrogens with zero attached hydrogens (tertiary/aromatic N) is 3. The summed E-state index contributed by atoms with van der Waals surface area (Å²) in [5, 5.41) is 0. The molecule has 20 heavy (non-hydrogen) atoms. The molecule has 0 bridgehead atoms. The van der Waals surface area contributed by atoms with Crippen molar-refractivity contribution in [2.24, 2.45) is 19.8 Å². The highest BCUT2D eigenvalue weighted by atomic mass is 16.5. The average Bonchev–Trinajstić information content (AvgIpc) is 2.43. The van der Waals surface area contributed by atoms with Gasteiger partial charge >= 0.3 is 5.69 Å². The van der Waals surface area contributed by atoms with Crippen molar-refractivity contribution in [3.63, 3.8) is 0 Å². The average molecular weight is 284 g/mol. The first-order chi connectivity index (χ1) is 9.33. The van der Waals surface area contributed by atoms with Gasteiger partial charge in [0.05, 0.1) is 12.1 Å². The summed E-state index contributed by atoms with van der Waals surface area (Å²) in [6.45, 7) is 0.143. The van der Waals surface area contributed by atoms with Gasteiger partial charge in [-0.25, -0.2) is 4.79 Å². The molecule has 0 aromatic carbocycles. The maximum atomic E-state index is 12.0. The highest BCUT2D eigenvalue weighted by molar-refractivity contribution is 5.80. The molecule has 1 aromatic rings. The third-order valence-corrected chi connectivity index (χ3v) is 3.08. The number of nitrogens with two attached hydrogens (primary N) is 1. The Labute approximate surface area is 116 Å². The fraction of sp³-hybridized carbons (Fsp3) is 0.583. The summed E-state index contributed by atoms with van der Waals surface area (Å²) in [6, 6.07) is 0. The molecule has 8 nitrogen and oxygen atoms in total. The van der Waals surface area contributed by atoms with Gasteiger partial charge in [0.2, 0.25) is 0 Å². The fourth-order valence-corrected chi connectivity index (χ4v) is 1.87. The molecular weight excluding hydrogens is 264 g/mol. The lowest BCUT2D eigenvalue weighted by Gasteiger charge is -2.22. The number of ether oxygens (including phenoxy) is 1. The van der Waals surface area contributed by atoms with Crippen LogP contribution >= 0.6 is 0 Å². The molecule has 1 rings (SSSR count). The van der Waals surface area contributed by atoms with Crippen LogP contribution in [0.15, 0.2) is 15.8 Å². The van der Waals surface area contributed by atoms with E-state index in [-0.39, 0.29) is 19.0 Å². The van der Waals surface area contributed by atoms with Crippen LogP contribution in [-0.2, 0) is 30.2 Å². The summed E-state index contributed by atoms with van der Waals surface area (Å²) < 4.78 is 7.26. The predicted molar refractivity (Wildman–Crippen MR) is 73.2 cm³/mol. The molecule has 1 amide bonds. The smallest absolute Gasteiger partial charge is 0.330 e. The normalized spacial score (nSPS) is 12.2. The molecular formula is C12H20N4O4. The molecule has 8 heteroatoms. The maximum Gasteiger partial charge on any atom is 0.330 e. The van der Waals surface area contributed by atoms with Crippen molar-refractivity contribution in [1.29, 1.82) is 0 Å². The number of amides is 1. The van der Waals surface area contributed by atoms with E-state index < -0.39 is 17.4 Å². The van der Waals surface area contributed by atoms with Crippen LogP contribution < -0.4 is 17.0 Å². The van der Waals surface area contributed by atoms with Crippen LogP contribution in [0.1, 0.15) is 5.56 Å². The Kier molecular flexibility index (Phi) is 5.23. The zero-order valence-electron chi connectivity index (χ0n) is 12.1. The van der Waals surface area contributed by atoms with Gasteiger partial charge in [0.1, 0.15) is 6.10 Å². The third kappa shape index (κ3) is 3.14. The van der Waals surface area contributed by atoms with Crippen LogP contribution in [0.25, 0.3) is 0 Å². The number of aryl methyl sites for hydroxylation is 1. The Bertz CT molecular complexity index is 600. The van der Waals surface area contributed by atoms with Crippen molar-refractivity contribution in [2.45, 2.75) is 12.6 Å². The molecule has 0 saturated carbocycles. The summed E-state index contributed by atoms with van der Waals surface area (Å²) in [4.78, 5) is 36.9. The van der Waals surface area contributed by atoms with E-state index in [4.69, 9.17) is 10.5 Å². The molecule has 1 unspecified atom stereocenters. The molecule has 0 radical (unpaired) electrons. The first-order valence-electron chi connectivity index (χ1n) is 6.06. The van der Waals surface area contributed by atoms with Crippen LogP contribution in [-0.4, -0.2) is 46.7 Å². The van der Waals surface area contributed by atoms with E-state index in [9.17, 15) is 14.4 Å². The van der Waals surface area contributed by atoms with Crippen molar-refractivity contribution in [1.82, 2.24) is 14.0 Å². The zero-order valence-corrected chi connectivity index (χ0v) is 12.1. The third-order valence-electron chi connectivity index (χ3n) is 3.08. The number of carbonyl (C=O) groups excluding carboxylic acids is 1. The molecule has 1 heterocycles. The van der Waals surface area contributed by atoms with Gasteiger partial charge in [-0.2, -0.15) is 0 Å². The molecule has 0 fully saturated rings. The minimum atomic E-state index is -0.739. The van der Waals surface area contributed by atoms with E-state index in [1.54, 1.807) is 14.1 Å². The van der Waals surface area contributed by atoms with Crippen molar-refractivity contribution in [3.05, 3.63) is 32.6 Å². The van der Waals surface area contributed by atoms with Gasteiger partial charge < -0.3 is 19.9 Å². The SMILES string of the molecule is COC(CN)C(=O)N(C)Cc1cn(C)c(=O)n(C)c1=O. The van der Waals surface area contributed by atoms with Crippen LogP contribution in [0, 0.1) is 0 Å². The van der Waals surface area contributed by atoms with E-state index in [1.807, 2.05) is 0 Å². The summed E-state index contributed by atoms with van der Waals surface area (Å²) in [6.07, 6.45) is 0.690. The van der Waals surface area contributed by atoms with Gasteiger partial charge in [0.25, 0.3) is 11.5 Å². The molecule has 1 aromatic heterocycles. The number of hydrogen-bond acceptors (Lipinski definition) is 5. The second-order valence-electron chi connectivity index (χ2n) is 4.57. The Hall–Kier alpha value is -1.93. The Balaban J connectivity index is 3.03. The summed E-state index contributed by atoms with van der Waals surface area (Å²) in [7, 11) is 5.89. The number of likely N-dealkylation sites (N-methyl/N-ethyl adjacent to an activating group) is 1. The quantitative estimate of drug-likeness (QED) is 0.675. The summed E-state index contributed by atoms with van der Waals surface area (Å²) >= 11 is 0. The van der Waals surface area contributed by atoms with Crippen molar-refractivity contribution in [3.8, 4) is 0 Å². The highest BCUT2D eigenvalue weighted by Gasteiger charge is 2.21. The Morgan fingerprint density at radius 3 is 2.55 bits per heavy atom. The van der Waals surface area contributed by atoms with Gasteiger partial charge in [-0.1, -0.05) is 0 Å². The fourth-order valence-electron chi connectivity index (χ4n) is 1.87. The number of rotatable bonds is 5. The molecule has 0 aliphatic heterocycles. The van der Waals surface area contributed by atoms with Crippen LogP contribution in [0.2, 0.25) is 0 Å². The summed E-state index contributed by atoms with van der Waals surface area (Å²) in [5.74, 6) is -0.314. The lowest BCUT2D eigenvalue weighted by Crippen LogP contribution is -2.44. The number of carbonyl (C=O) groups is 1. The van der Waals surface area contributed by atoms with Crippen molar-refractivity contribution < 1.29 is 9.53 Å². The molecule has 0 saturated heterocycles. The molecule has 1 atom stereocenters. The lowest BCUT2D eigenvalue weighted by molar-refractivity contribution is -0.140. The molecule has 0 aliphatic rings. The van der Waals surface area contributed by atoms with Gasteiger partial charge in [0.15, 0.2) is 0 Å². The topological polar surface area (TPSA) is 99.6 Å². The van der Waals surface area contributed by atoms with Gasteiger partial charge in [-0.3, -0.25) is 14.2 Å². The number of aromatic nitrogens is 2. The van der Waals surface area contributed by atoms with Crippen molar-refractivity contribution in [2.75, 3.05) is 20.7 Å². The monoisotopic (exact) mass is 284 g/mol. The lowest BCUT2D eigenvalue weighted by atomic mass is 10.2. The second kappa shape index (κ2) is 6.49. The van der Waals surface area contributed by atoms with E-state index in [1.165, 1.54) is 29.8 Å². The molecule has 2 N–H and O–H groups in total. The van der Waals surface area contributed by atoms with Gasteiger partial charge in [-0.15, -0.1) is 0 Å². The molecule has 0 aliphatic carbocycles. The minimum Gasteiger partial charge on any atom is -0.370 e. The minimum absolute atomic E-state index is 0.0605. The summed E-state index contributed by atoms with van der Waals surface area (Å²) in [5.41, 5.74) is 4.94. The van der Waals surface area contributed by atoms with E-state index in [0.717, 1.165) is 4.57 Å². The second-order valence-corrected chi connectivity index (χ2v) is 4.57. The molecule has 112 valence electrons. The van der Waals surface area contributed by atoms with E-state index >= 15 is 0 Å². The first-order valence-corrected chi connectivity index (χ1v) is 6.06. The number of hydrogen-bond donors (Lipinski definition) is 1. The van der Waals surface area contributed by atoms with Crippen LogP contribution in [0.4, 0.5) is 0 Å². The Morgan fingerprint density at radius 2 is 2.05 bits per heavy atom. The van der Waals surface area contributed by atoms with Crippen molar-refractivity contribution >= 4 is 5.91 Å².